The van der Waals surface area contributed by atoms with Crippen molar-refractivity contribution in [2.45, 2.75) is 13.8 Å². The second-order valence-electron chi connectivity index (χ2n) is 6.49. The molecule has 4 amide bonds. The van der Waals surface area contributed by atoms with Gasteiger partial charge in [0.1, 0.15) is 5.57 Å². The molecule has 0 saturated carbocycles. The SMILES string of the molecule is COc1cc(/C=C2/C(=O)NC(=O)N(c3cc(C)ccc3C)C2=O)cc(Br)c1OC. The summed E-state index contributed by atoms with van der Waals surface area (Å²) in [6, 6.07) is 7.97. The maximum Gasteiger partial charge on any atom is 0.335 e. The number of benzene rings is 2. The van der Waals surface area contributed by atoms with E-state index in [-0.39, 0.29) is 5.57 Å². The Labute approximate surface area is 176 Å². The number of hydrogen-bond donors (Lipinski definition) is 1. The van der Waals surface area contributed by atoms with E-state index in [2.05, 4.69) is 21.2 Å². The molecule has 0 radical (unpaired) electrons. The molecule has 0 aromatic heterocycles. The Kier molecular flexibility index (Phi) is 5.74. The van der Waals surface area contributed by atoms with Crippen molar-refractivity contribution < 1.29 is 23.9 Å². The van der Waals surface area contributed by atoms with Crippen LogP contribution in [-0.4, -0.2) is 32.1 Å². The molecule has 7 nitrogen and oxygen atoms in total. The molecule has 1 aliphatic rings. The van der Waals surface area contributed by atoms with E-state index in [9.17, 15) is 14.4 Å². The van der Waals surface area contributed by atoms with Gasteiger partial charge in [-0.05, 0) is 70.7 Å². The molecule has 1 fully saturated rings. The quantitative estimate of drug-likeness (QED) is 0.556. The molecule has 2 aromatic rings. The topological polar surface area (TPSA) is 84.9 Å². The summed E-state index contributed by atoms with van der Waals surface area (Å²) in [6.45, 7) is 3.65. The van der Waals surface area contributed by atoms with Gasteiger partial charge >= 0.3 is 6.03 Å². The zero-order valence-corrected chi connectivity index (χ0v) is 17.9. The lowest BCUT2D eigenvalue weighted by atomic mass is 10.0. The van der Waals surface area contributed by atoms with Gasteiger partial charge < -0.3 is 9.47 Å². The van der Waals surface area contributed by atoms with Crippen molar-refractivity contribution in [2.24, 2.45) is 0 Å². The molecular formula is C21H19BrN2O5. The van der Waals surface area contributed by atoms with E-state index in [4.69, 9.17) is 9.47 Å². The summed E-state index contributed by atoms with van der Waals surface area (Å²) < 4.78 is 11.2. The average molecular weight is 459 g/mol. The molecule has 1 N–H and O–H groups in total. The molecule has 0 unspecified atom stereocenters. The normalized spacial score (nSPS) is 15.6. The summed E-state index contributed by atoms with van der Waals surface area (Å²) in [4.78, 5) is 38.9. The highest BCUT2D eigenvalue weighted by atomic mass is 79.9. The van der Waals surface area contributed by atoms with Gasteiger partial charge in [-0.25, -0.2) is 9.69 Å². The number of halogens is 1. The molecule has 0 atom stereocenters. The number of urea groups is 1. The number of anilines is 1. The molecule has 3 rings (SSSR count). The molecular weight excluding hydrogens is 440 g/mol. The summed E-state index contributed by atoms with van der Waals surface area (Å²) in [5.74, 6) is -0.535. The van der Waals surface area contributed by atoms with Crippen LogP contribution in [-0.2, 0) is 9.59 Å². The average Bonchev–Trinajstić information content (AvgIpc) is 2.67. The van der Waals surface area contributed by atoms with E-state index in [0.29, 0.717) is 27.2 Å². The molecule has 1 saturated heterocycles. The van der Waals surface area contributed by atoms with E-state index < -0.39 is 17.8 Å². The zero-order valence-electron chi connectivity index (χ0n) is 16.3. The minimum atomic E-state index is -0.778. The van der Waals surface area contributed by atoms with Gasteiger partial charge in [0, 0.05) is 0 Å². The second-order valence-corrected chi connectivity index (χ2v) is 7.34. The van der Waals surface area contributed by atoms with Gasteiger partial charge in [-0.1, -0.05) is 12.1 Å². The maximum atomic E-state index is 13.1. The monoisotopic (exact) mass is 458 g/mol. The van der Waals surface area contributed by atoms with E-state index in [0.717, 1.165) is 16.0 Å². The first-order valence-electron chi connectivity index (χ1n) is 8.67. The van der Waals surface area contributed by atoms with Crippen LogP contribution in [0, 0.1) is 13.8 Å². The zero-order chi connectivity index (χ0) is 21.3. The highest BCUT2D eigenvalue weighted by molar-refractivity contribution is 9.10. The fourth-order valence-electron chi connectivity index (χ4n) is 3.02. The predicted molar refractivity (Wildman–Crippen MR) is 112 cm³/mol. The Morgan fingerprint density at radius 3 is 2.41 bits per heavy atom. The third-order valence-corrected chi connectivity index (χ3v) is 5.06. The molecule has 8 heteroatoms. The number of methoxy groups -OCH3 is 2. The number of nitrogens with zero attached hydrogens (tertiary/aromatic N) is 1. The van der Waals surface area contributed by atoms with Crippen molar-refractivity contribution in [2.75, 3.05) is 19.1 Å². The van der Waals surface area contributed by atoms with E-state index in [1.807, 2.05) is 19.1 Å². The van der Waals surface area contributed by atoms with Gasteiger partial charge in [0.2, 0.25) is 0 Å². The number of amides is 4. The third kappa shape index (κ3) is 3.88. The summed E-state index contributed by atoms with van der Waals surface area (Å²) in [7, 11) is 2.99. The molecule has 1 aliphatic heterocycles. The maximum absolute atomic E-state index is 13.1. The first-order chi connectivity index (χ1) is 13.8. The second kappa shape index (κ2) is 8.08. The number of nitrogens with one attached hydrogen (secondary N) is 1. The van der Waals surface area contributed by atoms with Crippen molar-refractivity contribution in [3.8, 4) is 11.5 Å². The minimum absolute atomic E-state index is 0.162. The summed E-state index contributed by atoms with van der Waals surface area (Å²) in [5, 5.41) is 2.23. The molecule has 0 aliphatic carbocycles. The summed E-state index contributed by atoms with van der Waals surface area (Å²) in [6.07, 6.45) is 1.41. The molecule has 0 bridgehead atoms. The van der Waals surface area contributed by atoms with Gasteiger partial charge in [-0.15, -0.1) is 0 Å². The van der Waals surface area contributed by atoms with Gasteiger partial charge in [-0.3, -0.25) is 14.9 Å². The molecule has 0 spiro atoms. The predicted octanol–water partition coefficient (Wildman–Crippen LogP) is 3.75. The number of hydrogen-bond acceptors (Lipinski definition) is 5. The number of aryl methyl sites for hydroxylation is 2. The van der Waals surface area contributed by atoms with Gasteiger partial charge in [-0.2, -0.15) is 0 Å². The van der Waals surface area contributed by atoms with Gasteiger partial charge in [0.15, 0.2) is 11.5 Å². The van der Waals surface area contributed by atoms with E-state index in [1.165, 1.54) is 20.3 Å². The van der Waals surface area contributed by atoms with Crippen LogP contribution in [0.15, 0.2) is 40.4 Å². The van der Waals surface area contributed by atoms with Crippen LogP contribution in [0.1, 0.15) is 16.7 Å². The fraction of sp³-hybridized carbons (Fsp3) is 0.190. The van der Waals surface area contributed by atoms with Gasteiger partial charge in [0.05, 0.1) is 24.4 Å². The molecule has 2 aromatic carbocycles. The van der Waals surface area contributed by atoms with Crippen LogP contribution < -0.4 is 19.7 Å². The number of carbonyl (C=O) groups is 3. The Balaban J connectivity index is 2.09. The fourth-order valence-corrected chi connectivity index (χ4v) is 3.65. The van der Waals surface area contributed by atoms with E-state index in [1.54, 1.807) is 25.1 Å². The Morgan fingerprint density at radius 1 is 1.03 bits per heavy atom. The Hall–Kier alpha value is -3.13. The van der Waals surface area contributed by atoms with Crippen LogP contribution in [0.5, 0.6) is 11.5 Å². The standard InChI is InChI=1S/C21H19BrN2O5/c1-11-5-6-12(2)16(7-11)24-20(26)14(19(25)23-21(24)27)8-13-9-15(22)18(29-4)17(10-13)28-3/h5-10H,1-4H3,(H,23,25,27)/b14-8-. The number of imide groups is 2. The van der Waals surface area contributed by atoms with Crippen molar-refractivity contribution in [3.63, 3.8) is 0 Å². The van der Waals surface area contributed by atoms with Crippen molar-refractivity contribution in [1.29, 1.82) is 0 Å². The third-order valence-electron chi connectivity index (χ3n) is 4.47. The van der Waals surface area contributed by atoms with Gasteiger partial charge in [0.25, 0.3) is 11.8 Å². The molecule has 29 heavy (non-hydrogen) atoms. The van der Waals surface area contributed by atoms with Crippen LogP contribution in [0.4, 0.5) is 10.5 Å². The summed E-state index contributed by atoms with van der Waals surface area (Å²) in [5.41, 5.74) is 2.42. The Morgan fingerprint density at radius 2 is 1.76 bits per heavy atom. The van der Waals surface area contributed by atoms with Crippen LogP contribution >= 0.6 is 15.9 Å². The summed E-state index contributed by atoms with van der Waals surface area (Å²) >= 11 is 3.39. The highest BCUT2D eigenvalue weighted by Crippen LogP contribution is 2.37. The number of carbonyl (C=O) groups excluding carboxylic acids is 3. The highest BCUT2D eigenvalue weighted by Gasteiger charge is 2.37. The minimum Gasteiger partial charge on any atom is -0.493 e. The first kappa shape index (κ1) is 20.6. The molecule has 150 valence electrons. The van der Waals surface area contributed by atoms with Crippen LogP contribution in [0.25, 0.3) is 6.08 Å². The lowest BCUT2D eigenvalue weighted by Gasteiger charge is -2.27. The molecule has 1 heterocycles. The number of barbiturate groups is 1. The lowest BCUT2D eigenvalue weighted by Crippen LogP contribution is -2.54. The Bertz CT molecular complexity index is 1060. The van der Waals surface area contributed by atoms with Crippen LogP contribution in [0.2, 0.25) is 0 Å². The smallest absolute Gasteiger partial charge is 0.335 e. The number of ether oxygens (including phenoxy) is 2. The van der Waals surface area contributed by atoms with Crippen molar-refractivity contribution in [3.05, 3.63) is 57.1 Å². The van der Waals surface area contributed by atoms with Crippen LogP contribution in [0.3, 0.4) is 0 Å². The van der Waals surface area contributed by atoms with E-state index >= 15 is 0 Å². The largest absolute Gasteiger partial charge is 0.493 e. The number of rotatable bonds is 4. The first-order valence-corrected chi connectivity index (χ1v) is 9.46. The van der Waals surface area contributed by atoms with Crippen molar-refractivity contribution in [1.82, 2.24) is 5.32 Å². The van der Waals surface area contributed by atoms with Crippen molar-refractivity contribution >= 4 is 45.5 Å². The lowest BCUT2D eigenvalue weighted by molar-refractivity contribution is -0.122.